The molecular weight excluding hydrogens is 224 g/mol. The average molecular weight is 243 g/mol. The molecule has 0 amide bonds. The molecule has 90 valence electrons. The summed E-state index contributed by atoms with van der Waals surface area (Å²) in [6.07, 6.45) is 0.732. The molecule has 0 aromatic heterocycles. The number of aliphatic hydroxyl groups excluding tert-OH is 1. The fourth-order valence-electron chi connectivity index (χ4n) is 1.52. The molecule has 0 bridgehead atoms. The van der Waals surface area contributed by atoms with Crippen molar-refractivity contribution in [3.8, 4) is 0 Å². The van der Waals surface area contributed by atoms with Crippen LogP contribution in [-0.4, -0.2) is 24.8 Å². The van der Waals surface area contributed by atoms with Crippen LogP contribution < -0.4 is 11.1 Å². The van der Waals surface area contributed by atoms with Gasteiger partial charge in [0.1, 0.15) is 0 Å². The first kappa shape index (κ1) is 13.5. The second-order valence-electron chi connectivity index (χ2n) is 3.83. The smallest absolute Gasteiger partial charge is 0.0445 e. The first-order chi connectivity index (χ1) is 7.69. The number of aryl methyl sites for hydroxylation is 1. The second-order valence-corrected chi connectivity index (χ2v) is 4.24. The van der Waals surface area contributed by atoms with E-state index in [0.717, 1.165) is 29.1 Å². The van der Waals surface area contributed by atoms with E-state index in [2.05, 4.69) is 5.32 Å². The first-order valence-corrected chi connectivity index (χ1v) is 5.87. The summed E-state index contributed by atoms with van der Waals surface area (Å²) < 4.78 is 0. The molecule has 0 aliphatic rings. The van der Waals surface area contributed by atoms with Gasteiger partial charge in [-0.2, -0.15) is 0 Å². The molecule has 1 atom stereocenters. The Kier molecular flexibility index (Phi) is 5.77. The van der Waals surface area contributed by atoms with Crippen molar-refractivity contribution in [3.63, 3.8) is 0 Å². The average Bonchev–Trinajstić information content (AvgIpc) is 2.29. The Morgan fingerprint density at radius 2 is 2.25 bits per heavy atom. The van der Waals surface area contributed by atoms with Gasteiger partial charge in [-0.25, -0.2) is 0 Å². The van der Waals surface area contributed by atoms with Crippen molar-refractivity contribution in [1.82, 2.24) is 5.32 Å². The van der Waals surface area contributed by atoms with E-state index in [9.17, 15) is 0 Å². The lowest BCUT2D eigenvalue weighted by Gasteiger charge is -2.17. The Balaban J connectivity index is 2.67. The van der Waals surface area contributed by atoms with Crippen molar-refractivity contribution in [1.29, 1.82) is 0 Å². The third-order valence-corrected chi connectivity index (χ3v) is 2.97. The van der Waals surface area contributed by atoms with Gasteiger partial charge < -0.3 is 16.2 Å². The van der Waals surface area contributed by atoms with Crippen molar-refractivity contribution < 1.29 is 5.11 Å². The summed E-state index contributed by atoms with van der Waals surface area (Å²) in [5.41, 5.74) is 7.87. The lowest BCUT2D eigenvalue weighted by atomic mass is 10.1. The molecule has 3 nitrogen and oxygen atoms in total. The highest BCUT2D eigenvalue weighted by molar-refractivity contribution is 6.31. The van der Waals surface area contributed by atoms with Crippen molar-refractivity contribution in [2.75, 3.05) is 19.7 Å². The van der Waals surface area contributed by atoms with Gasteiger partial charge in [-0.3, -0.25) is 0 Å². The Labute approximate surface area is 102 Å². The summed E-state index contributed by atoms with van der Waals surface area (Å²) in [6.45, 7) is 3.44. The van der Waals surface area contributed by atoms with Crippen LogP contribution in [0.15, 0.2) is 18.2 Å². The minimum Gasteiger partial charge on any atom is -0.396 e. The van der Waals surface area contributed by atoms with Gasteiger partial charge in [0.15, 0.2) is 0 Å². The molecule has 1 aromatic carbocycles. The van der Waals surface area contributed by atoms with Crippen LogP contribution in [0.4, 0.5) is 0 Å². The van der Waals surface area contributed by atoms with E-state index < -0.39 is 0 Å². The zero-order valence-electron chi connectivity index (χ0n) is 9.54. The van der Waals surface area contributed by atoms with Crippen LogP contribution >= 0.6 is 11.6 Å². The normalized spacial score (nSPS) is 12.8. The maximum absolute atomic E-state index is 8.71. The summed E-state index contributed by atoms with van der Waals surface area (Å²) >= 11 is 6.07. The van der Waals surface area contributed by atoms with Crippen molar-refractivity contribution in [2.24, 2.45) is 5.73 Å². The standard InChI is InChI=1S/C12H19ClN2O/c1-9-3-4-10(7-11(9)13)12(8-14)15-5-2-6-16/h3-4,7,12,15-16H,2,5-6,8,14H2,1H3. The van der Waals surface area contributed by atoms with Crippen LogP contribution in [0.5, 0.6) is 0 Å². The summed E-state index contributed by atoms with van der Waals surface area (Å²) in [6, 6.07) is 6.07. The predicted molar refractivity (Wildman–Crippen MR) is 67.7 cm³/mol. The minimum atomic E-state index is 0.102. The van der Waals surface area contributed by atoms with E-state index in [1.165, 1.54) is 0 Å². The molecule has 0 saturated carbocycles. The summed E-state index contributed by atoms with van der Waals surface area (Å²) in [4.78, 5) is 0. The lowest BCUT2D eigenvalue weighted by Crippen LogP contribution is -2.29. The first-order valence-electron chi connectivity index (χ1n) is 5.49. The molecular formula is C12H19ClN2O. The van der Waals surface area contributed by atoms with Gasteiger partial charge in [0.25, 0.3) is 0 Å². The predicted octanol–water partition coefficient (Wildman–Crippen LogP) is 1.62. The van der Waals surface area contributed by atoms with Gasteiger partial charge in [-0.1, -0.05) is 23.7 Å². The van der Waals surface area contributed by atoms with Crippen molar-refractivity contribution in [3.05, 3.63) is 34.3 Å². The number of halogens is 1. The second kappa shape index (κ2) is 6.86. The third-order valence-electron chi connectivity index (χ3n) is 2.56. The Morgan fingerprint density at radius 1 is 1.50 bits per heavy atom. The quantitative estimate of drug-likeness (QED) is 0.665. The van der Waals surface area contributed by atoms with Gasteiger partial charge in [0.2, 0.25) is 0 Å². The van der Waals surface area contributed by atoms with Crippen LogP contribution in [0.2, 0.25) is 5.02 Å². The topological polar surface area (TPSA) is 58.3 Å². The minimum absolute atomic E-state index is 0.102. The molecule has 1 unspecified atom stereocenters. The monoisotopic (exact) mass is 242 g/mol. The van der Waals surface area contributed by atoms with E-state index in [1.807, 2.05) is 25.1 Å². The highest BCUT2D eigenvalue weighted by Crippen LogP contribution is 2.20. The van der Waals surface area contributed by atoms with E-state index >= 15 is 0 Å². The molecule has 1 aromatic rings. The van der Waals surface area contributed by atoms with Gasteiger partial charge in [0.05, 0.1) is 0 Å². The van der Waals surface area contributed by atoms with E-state index in [4.69, 9.17) is 22.4 Å². The molecule has 1 rings (SSSR count). The molecule has 0 saturated heterocycles. The van der Waals surface area contributed by atoms with Gasteiger partial charge in [-0.15, -0.1) is 0 Å². The van der Waals surface area contributed by atoms with Crippen LogP contribution in [0.3, 0.4) is 0 Å². The lowest BCUT2D eigenvalue weighted by molar-refractivity contribution is 0.283. The summed E-state index contributed by atoms with van der Waals surface area (Å²) in [5.74, 6) is 0. The number of hydrogen-bond donors (Lipinski definition) is 3. The van der Waals surface area contributed by atoms with E-state index in [0.29, 0.717) is 6.54 Å². The van der Waals surface area contributed by atoms with Gasteiger partial charge in [0, 0.05) is 24.2 Å². The van der Waals surface area contributed by atoms with Crippen molar-refractivity contribution in [2.45, 2.75) is 19.4 Å². The number of hydrogen-bond acceptors (Lipinski definition) is 3. The summed E-state index contributed by atoms with van der Waals surface area (Å²) in [5, 5.41) is 12.8. The van der Waals surface area contributed by atoms with E-state index in [1.54, 1.807) is 0 Å². The fraction of sp³-hybridized carbons (Fsp3) is 0.500. The highest BCUT2D eigenvalue weighted by Gasteiger charge is 2.09. The van der Waals surface area contributed by atoms with Crippen LogP contribution in [-0.2, 0) is 0 Å². The Bertz CT molecular complexity index is 331. The number of nitrogens with one attached hydrogen (secondary N) is 1. The molecule has 0 radical (unpaired) electrons. The van der Waals surface area contributed by atoms with E-state index in [-0.39, 0.29) is 12.6 Å². The van der Waals surface area contributed by atoms with Gasteiger partial charge in [-0.05, 0) is 37.1 Å². The number of benzene rings is 1. The highest BCUT2D eigenvalue weighted by atomic mass is 35.5. The Morgan fingerprint density at radius 3 is 2.81 bits per heavy atom. The SMILES string of the molecule is Cc1ccc(C(CN)NCCCO)cc1Cl. The van der Waals surface area contributed by atoms with Crippen LogP contribution in [0.1, 0.15) is 23.6 Å². The molecule has 0 aliphatic carbocycles. The number of rotatable bonds is 6. The molecule has 0 spiro atoms. The number of aliphatic hydroxyl groups is 1. The zero-order chi connectivity index (χ0) is 12.0. The molecule has 4 N–H and O–H groups in total. The molecule has 0 aliphatic heterocycles. The maximum atomic E-state index is 8.71. The zero-order valence-corrected chi connectivity index (χ0v) is 10.3. The molecule has 4 heteroatoms. The summed E-state index contributed by atoms with van der Waals surface area (Å²) in [7, 11) is 0. The maximum Gasteiger partial charge on any atom is 0.0445 e. The fourth-order valence-corrected chi connectivity index (χ4v) is 1.71. The molecule has 0 heterocycles. The Hall–Kier alpha value is -0.610. The molecule has 16 heavy (non-hydrogen) atoms. The molecule has 0 fully saturated rings. The van der Waals surface area contributed by atoms with Crippen molar-refractivity contribution >= 4 is 11.6 Å². The largest absolute Gasteiger partial charge is 0.396 e. The van der Waals surface area contributed by atoms with Crippen LogP contribution in [0.25, 0.3) is 0 Å². The van der Waals surface area contributed by atoms with Crippen LogP contribution in [0, 0.1) is 6.92 Å². The van der Waals surface area contributed by atoms with Gasteiger partial charge >= 0.3 is 0 Å². The third kappa shape index (κ3) is 3.76. The number of nitrogens with two attached hydrogens (primary N) is 1.